The quantitative estimate of drug-likeness (QED) is 0.503. The van der Waals surface area contributed by atoms with Gasteiger partial charge in [0.2, 0.25) is 17.5 Å². The zero-order chi connectivity index (χ0) is 16.9. The maximum absolute atomic E-state index is 12.3. The van der Waals surface area contributed by atoms with Gasteiger partial charge < -0.3 is 10.9 Å². The Morgan fingerprint density at radius 2 is 2.09 bits per heavy atom. The molecule has 3 heterocycles. The van der Waals surface area contributed by atoms with Crippen LogP contribution in [0, 0.1) is 19.1 Å². The molecule has 0 unspecified atom stereocenters. The molecule has 0 saturated carbocycles. The van der Waals surface area contributed by atoms with E-state index in [1.807, 2.05) is 0 Å². The maximum Gasteiger partial charge on any atom is 0.233 e. The fourth-order valence-corrected chi connectivity index (χ4v) is 3.00. The molecule has 0 saturated heterocycles. The third kappa shape index (κ3) is 2.55. The average molecular weight is 354 g/mol. The van der Waals surface area contributed by atoms with Gasteiger partial charge in [0.1, 0.15) is 17.5 Å². The summed E-state index contributed by atoms with van der Waals surface area (Å²) in [6, 6.07) is 0. The molecule has 0 aromatic carbocycles. The third-order valence-corrected chi connectivity index (χ3v) is 4.72. The Bertz CT molecular complexity index is 841. The molecule has 120 valence electrons. The fraction of sp³-hybridized carbons (Fsp3) is 0.286. The van der Waals surface area contributed by atoms with Crippen LogP contribution in [0.15, 0.2) is 6.20 Å². The molecule has 0 radical (unpaired) electrons. The van der Waals surface area contributed by atoms with Gasteiger partial charge in [0.25, 0.3) is 0 Å². The number of aryl methyl sites for hydroxylation is 1. The smallest absolute Gasteiger partial charge is 0.233 e. The number of carbonyl (C=O) groups excluding carboxylic acids is 1. The number of hydrogen-bond acceptors (Lipinski definition) is 5. The van der Waals surface area contributed by atoms with Crippen molar-refractivity contribution in [2.24, 2.45) is 0 Å². The monoisotopic (exact) mass is 353 g/mol. The maximum atomic E-state index is 12.3. The summed E-state index contributed by atoms with van der Waals surface area (Å²) in [5, 5.41) is 12.8. The van der Waals surface area contributed by atoms with Crippen molar-refractivity contribution in [3.63, 3.8) is 0 Å². The van der Waals surface area contributed by atoms with Crippen molar-refractivity contribution < 1.29 is 9.52 Å². The number of nitrogens with two attached hydrogens (primary N) is 1. The first-order valence-electron chi connectivity index (χ1n) is 6.79. The Labute approximate surface area is 142 Å². The van der Waals surface area contributed by atoms with Crippen molar-refractivity contribution >= 4 is 40.9 Å². The molecule has 1 amide bonds. The van der Waals surface area contributed by atoms with Gasteiger partial charge in [-0.25, -0.2) is 4.98 Å². The van der Waals surface area contributed by atoms with Gasteiger partial charge in [-0.1, -0.05) is 23.2 Å². The molecular formula is C14H13Cl2N5O2. The molecule has 1 aliphatic rings. The number of nitrogen functional groups attached to an aromatic ring is 1. The molecular weight excluding hydrogens is 341 g/mol. The van der Waals surface area contributed by atoms with Gasteiger partial charge in [0.15, 0.2) is 6.20 Å². The van der Waals surface area contributed by atoms with E-state index in [9.17, 15) is 10.0 Å². The predicted octanol–water partition coefficient (Wildman–Crippen LogP) is 1.71. The summed E-state index contributed by atoms with van der Waals surface area (Å²) >= 11 is 12.2. The molecule has 0 fully saturated rings. The van der Waals surface area contributed by atoms with Gasteiger partial charge >= 0.3 is 0 Å². The summed E-state index contributed by atoms with van der Waals surface area (Å²) in [5.41, 5.74) is 7.78. The van der Waals surface area contributed by atoms with Gasteiger partial charge in [-0.05, 0) is 13.8 Å². The minimum Gasteiger partial charge on any atom is -0.618 e. The van der Waals surface area contributed by atoms with Crippen molar-refractivity contribution in [1.82, 2.24) is 9.97 Å². The molecule has 0 bridgehead atoms. The first-order chi connectivity index (χ1) is 10.8. The number of nitrogens with zero attached hydrogens (tertiary/aromatic N) is 4. The molecule has 2 aromatic heterocycles. The normalized spacial score (nSPS) is 13.6. The zero-order valence-electron chi connectivity index (χ0n) is 12.4. The number of carbonyl (C=O) groups is 1. The number of halogens is 2. The topological polar surface area (TPSA) is 99.0 Å². The lowest BCUT2D eigenvalue weighted by Gasteiger charge is -2.18. The van der Waals surface area contributed by atoms with Crippen LogP contribution in [-0.2, 0) is 17.8 Å². The van der Waals surface area contributed by atoms with E-state index in [0.717, 1.165) is 0 Å². The number of aromatic nitrogens is 3. The number of pyridine rings is 1. The molecule has 0 atom stereocenters. The third-order valence-electron chi connectivity index (χ3n) is 3.83. The molecule has 0 aliphatic carbocycles. The van der Waals surface area contributed by atoms with E-state index in [0.29, 0.717) is 38.0 Å². The van der Waals surface area contributed by atoms with Crippen molar-refractivity contribution in [3.05, 3.63) is 44.0 Å². The molecule has 0 spiro atoms. The van der Waals surface area contributed by atoms with Gasteiger partial charge in [0, 0.05) is 16.7 Å². The zero-order valence-corrected chi connectivity index (χ0v) is 13.9. The average Bonchev–Trinajstić information content (AvgIpc) is 2.78. The number of fused-ring (bicyclic) bond motifs is 1. The lowest BCUT2D eigenvalue weighted by molar-refractivity contribution is -0.614. The molecule has 2 N–H and O–H groups in total. The van der Waals surface area contributed by atoms with Crippen molar-refractivity contribution in [2.75, 3.05) is 10.6 Å². The summed E-state index contributed by atoms with van der Waals surface area (Å²) < 4.78 is 0.716. The molecule has 2 aromatic rings. The van der Waals surface area contributed by atoms with Crippen molar-refractivity contribution in [1.29, 1.82) is 0 Å². The van der Waals surface area contributed by atoms with Crippen LogP contribution in [0.4, 0.5) is 11.8 Å². The van der Waals surface area contributed by atoms with Crippen LogP contribution >= 0.6 is 23.2 Å². The number of rotatable bonds is 2. The summed E-state index contributed by atoms with van der Waals surface area (Å²) in [4.78, 5) is 21.6. The van der Waals surface area contributed by atoms with Gasteiger partial charge in [-0.15, -0.1) is 0 Å². The lowest BCUT2D eigenvalue weighted by atomic mass is 10.1. The largest absolute Gasteiger partial charge is 0.618 e. The molecule has 7 nitrogen and oxygen atoms in total. The van der Waals surface area contributed by atoms with E-state index in [1.165, 1.54) is 11.1 Å². The van der Waals surface area contributed by atoms with E-state index >= 15 is 0 Å². The summed E-state index contributed by atoms with van der Waals surface area (Å²) in [6.45, 7) is 3.52. The highest BCUT2D eigenvalue weighted by Crippen LogP contribution is 2.33. The Kier molecular flexibility index (Phi) is 3.77. The summed E-state index contributed by atoms with van der Waals surface area (Å²) in [6.07, 6.45) is 1.46. The van der Waals surface area contributed by atoms with E-state index in [1.54, 1.807) is 13.8 Å². The minimum absolute atomic E-state index is 0.0258. The standard InChI is InChI=1S/C14H13Cl2N5O2/c1-6-4-21(23)9(7(2)11(6)15)5-20-10(22)3-8-12(16)18-14(17)19-13(8)20/h4H,3,5H2,1-2H3,(H2,17,18,19). The van der Waals surface area contributed by atoms with Crippen LogP contribution in [0.5, 0.6) is 0 Å². The molecule has 3 rings (SSSR count). The van der Waals surface area contributed by atoms with Crippen LogP contribution in [0.25, 0.3) is 0 Å². The number of amides is 1. The molecule has 9 heteroatoms. The summed E-state index contributed by atoms with van der Waals surface area (Å²) in [5.74, 6) is 0.0867. The van der Waals surface area contributed by atoms with E-state index < -0.39 is 0 Å². The SMILES string of the molecule is Cc1c[n+]([O-])c(CN2C(=O)Cc3c(Cl)nc(N)nc32)c(C)c1Cl. The number of anilines is 2. The first-order valence-corrected chi connectivity index (χ1v) is 7.55. The Balaban J connectivity index is 2.07. The van der Waals surface area contributed by atoms with Crippen molar-refractivity contribution in [2.45, 2.75) is 26.8 Å². The van der Waals surface area contributed by atoms with E-state index in [2.05, 4.69) is 9.97 Å². The Morgan fingerprint density at radius 3 is 2.78 bits per heavy atom. The van der Waals surface area contributed by atoms with Gasteiger partial charge in [-0.2, -0.15) is 9.71 Å². The van der Waals surface area contributed by atoms with E-state index in [-0.39, 0.29) is 30.0 Å². The predicted molar refractivity (Wildman–Crippen MR) is 86.2 cm³/mol. The van der Waals surface area contributed by atoms with Gasteiger partial charge in [0.05, 0.1) is 11.4 Å². The van der Waals surface area contributed by atoms with Gasteiger partial charge in [-0.3, -0.25) is 9.69 Å². The Hall–Kier alpha value is -2.12. The molecule has 1 aliphatic heterocycles. The minimum atomic E-state index is -0.224. The lowest BCUT2D eigenvalue weighted by Crippen LogP contribution is -2.39. The second-order valence-electron chi connectivity index (χ2n) is 5.36. The molecule has 23 heavy (non-hydrogen) atoms. The fourth-order valence-electron chi connectivity index (χ4n) is 2.60. The highest BCUT2D eigenvalue weighted by atomic mass is 35.5. The first kappa shape index (κ1) is 15.8. The number of hydrogen-bond donors (Lipinski definition) is 1. The Morgan fingerprint density at radius 1 is 1.39 bits per heavy atom. The van der Waals surface area contributed by atoms with Crippen LogP contribution in [0.1, 0.15) is 22.4 Å². The second-order valence-corrected chi connectivity index (χ2v) is 6.09. The van der Waals surface area contributed by atoms with Crippen LogP contribution in [-0.4, -0.2) is 15.9 Å². The highest BCUT2D eigenvalue weighted by molar-refractivity contribution is 6.32. The van der Waals surface area contributed by atoms with E-state index in [4.69, 9.17) is 28.9 Å². The van der Waals surface area contributed by atoms with Crippen molar-refractivity contribution in [3.8, 4) is 0 Å². The summed E-state index contributed by atoms with van der Waals surface area (Å²) in [7, 11) is 0. The van der Waals surface area contributed by atoms with Crippen LogP contribution in [0.2, 0.25) is 10.2 Å². The van der Waals surface area contributed by atoms with Crippen LogP contribution in [0.3, 0.4) is 0 Å². The highest BCUT2D eigenvalue weighted by Gasteiger charge is 2.34. The second kappa shape index (κ2) is 5.50. The van der Waals surface area contributed by atoms with Crippen LogP contribution < -0.4 is 15.4 Å².